The highest BCUT2D eigenvalue weighted by atomic mass is 19.1. The van der Waals surface area contributed by atoms with Crippen LogP contribution in [-0.2, 0) is 16.0 Å². The van der Waals surface area contributed by atoms with Crippen LogP contribution in [0.5, 0.6) is 0 Å². The zero-order chi connectivity index (χ0) is 22.3. The number of hydrogen-bond acceptors (Lipinski definition) is 4. The highest BCUT2D eigenvalue weighted by Gasteiger charge is 2.17. The summed E-state index contributed by atoms with van der Waals surface area (Å²) in [7, 11) is 3.77. The molecule has 0 bridgehead atoms. The van der Waals surface area contributed by atoms with Crippen LogP contribution in [0.2, 0.25) is 0 Å². The summed E-state index contributed by atoms with van der Waals surface area (Å²) in [6, 6.07) is 13.3. The fourth-order valence-corrected chi connectivity index (χ4v) is 2.90. The summed E-state index contributed by atoms with van der Waals surface area (Å²) in [5.74, 6) is -0.433. The second-order valence-electron chi connectivity index (χ2n) is 8.34. The number of rotatable bonds is 7. The molecule has 0 radical (unpaired) electrons. The normalized spacial score (nSPS) is 12.4. The molecule has 0 spiro atoms. The molecule has 2 amide bonds. The summed E-state index contributed by atoms with van der Waals surface area (Å²) in [5, 5.41) is 5.57. The number of ether oxygens (including phenoxy) is 1. The summed E-state index contributed by atoms with van der Waals surface area (Å²) < 4.78 is 18.7. The number of carbonyl (C=O) groups excluding carboxylic acids is 2. The van der Waals surface area contributed by atoms with Gasteiger partial charge in [-0.05, 0) is 70.3 Å². The molecule has 2 aromatic carbocycles. The Hall–Kier alpha value is -2.93. The Morgan fingerprint density at radius 1 is 1.10 bits per heavy atom. The summed E-state index contributed by atoms with van der Waals surface area (Å²) in [6.45, 7) is 5.75. The Bertz CT molecular complexity index is 861. The number of hydrogen-bond donors (Lipinski definition) is 2. The molecule has 0 aromatic heterocycles. The van der Waals surface area contributed by atoms with Crippen LogP contribution in [0, 0.1) is 5.82 Å². The van der Waals surface area contributed by atoms with Crippen molar-refractivity contribution in [3.63, 3.8) is 0 Å². The van der Waals surface area contributed by atoms with Gasteiger partial charge in [-0.25, -0.2) is 9.18 Å². The van der Waals surface area contributed by atoms with E-state index in [4.69, 9.17) is 4.74 Å². The number of nitrogens with one attached hydrogen (secondary N) is 2. The number of nitrogens with zero attached hydrogens (tertiary/aromatic N) is 1. The molecule has 162 valence electrons. The molecule has 2 rings (SSSR count). The van der Waals surface area contributed by atoms with E-state index in [2.05, 4.69) is 10.6 Å². The van der Waals surface area contributed by atoms with Gasteiger partial charge in [-0.2, -0.15) is 0 Å². The molecular formula is C23H30FN3O3. The third kappa shape index (κ3) is 7.83. The molecule has 30 heavy (non-hydrogen) atoms. The molecule has 2 N–H and O–H groups in total. The Labute approximate surface area is 177 Å². The van der Waals surface area contributed by atoms with Crippen molar-refractivity contribution in [2.24, 2.45) is 0 Å². The first-order valence-electron chi connectivity index (χ1n) is 9.81. The number of amides is 2. The number of carbonyl (C=O) groups is 2. The van der Waals surface area contributed by atoms with Gasteiger partial charge >= 0.3 is 6.09 Å². The Kier molecular flexibility index (Phi) is 7.94. The maximum atomic E-state index is 13.5. The van der Waals surface area contributed by atoms with Gasteiger partial charge < -0.3 is 15.0 Å². The van der Waals surface area contributed by atoms with Crippen molar-refractivity contribution in [1.82, 2.24) is 10.2 Å². The van der Waals surface area contributed by atoms with Gasteiger partial charge in [0, 0.05) is 12.2 Å². The second kappa shape index (κ2) is 10.2. The van der Waals surface area contributed by atoms with Crippen molar-refractivity contribution in [3.05, 3.63) is 65.5 Å². The molecule has 0 unspecified atom stereocenters. The number of benzene rings is 2. The van der Waals surface area contributed by atoms with E-state index < -0.39 is 11.7 Å². The lowest BCUT2D eigenvalue weighted by molar-refractivity contribution is -0.120. The lowest BCUT2D eigenvalue weighted by Gasteiger charge is -2.25. The van der Waals surface area contributed by atoms with Crippen LogP contribution >= 0.6 is 0 Å². The van der Waals surface area contributed by atoms with Gasteiger partial charge in [-0.15, -0.1) is 0 Å². The van der Waals surface area contributed by atoms with Gasteiger partial charge in [0.25, 0.3) is 0 Å². The average Bonchev–Trinajstić information content (AvgIpc) is 2.61. The molecule has 2 aromatic rings. The number of anilines is 1. The molecule has 6 nitrogen and oxygen atoms in total. The molecule has 1 atom stereocenters. The zero-order valence-corrected chi connectivity index (χ0v) is 18.2. The van der Waals surface area contributed by atoms with Crippen LogP contribution in [0.4, 0.5) is 14.9 Å². The molecule has 0 aliphatic heterocycles. The fourth-order valence-electron chi connectivity index (χ4n) is 2.90. The minimum absolute atomic E-state index is 0.133. The second-order valence-corrected chi connectivity index (χ2v) is 8.34. The van der Waals surface area contributed by atoms with E-state index in [1.54, 1.807) is 51.1 Å². The summed E-state index contributed by atoms with van der Waals surface area (Å²) >= 11 is 0. The SMILES string of the molecule is CN(C)[C@H](CNC(=O)Cc1ccc(NC(=O)OC(C)(C)C)cc1)c1cccc(F)c1. The first kappa shape index (κ1) is 23.3. The monoisotopic (exact) mass is 415 g/mol. The minimum Gasteiger partial charge on any atom is -0.444 e. The predicted octanol–water partition coefficient (Wildman–Crippen LogP) is 4.13. The molecule has 0 saturated carbocycles. The molecule has 0 saturated heterocycles. The van der Waals surface area contributed by atoms with Gasteiger partial charge in [-0.3, -0.25) is 10.1 Å². The molecular weight excluding hydrogens is 385 g/mol. The van der Waals surface area contributed by atoms with Gasteiger partial charge in [-0.1, -0.05) is 24.3 Å². The van der Waals surface area contributed by atoms with E-state index in [1.165, 1.54) is 12.1 Å². The molecule has 0 heterocycles. The Morgan fingerprint density at radius 2 is 1.77 bits per heavy atom. The molecule has 0 fully saturated rings. The van der Waals surface area contributed by atoms with Crippen molar-refractivity contribution in [2.45, 2.75) is 38.8 Å². The quantitative estimate of drug-likeness (QED) is 0.713. The van der Waals surface area contributed by atoms with Crippen LogP contribution in [0.3, 0.4) is 0 Å². The maximum absolute atomic E-state index is 13.5. The third-order valence-electron chi connectivity index (χ3n) is 4.31. The molecule has 0 aliphatic rings. The Morgan fingerprint density at radius 3 is 2.33 bits per heavy atom. The van der Waals surface area contributed by atoms with E-state index in [-0.39, 0.29) is 24.2 Å². The van der Waals surface area contributed by atoms with Crippen LogP contribution in [0.1, 0.15) is 37.9 Å². The highest BCUT2D eigenvalue weighted by molar-refractivity contribution is 5.85. The van der Waals surface area contributed by atoms with Gasteiger partial charge in [0.1, 0.15) is 11.4 Å². The van der Waals surface area contributed by atoms with Gasteiger partial charge in [0.15, 0.2) is 0 Å². The lowest BCUT2D eigenvalue weighted by Crippen LogP contribution is -2.35. The first-order chi connectivity index (χ1) is 14.0. The van der Waals surface area contributed by atoms with E-state index >= 15 is 0 Å². The van der Waals surface area contributed by atoms with Crippen LogP contribution in [0.25, 0.3) is 0 Å². The molecule has 0 aliphatic carbocycles. The topological polar surface area (TPSA) is 70.7 Å². The van der Waals surface area contributed by atoms with Crippen molar-refractivity contribution >= 4 is 17.7 Å². The summed E-state index contributed by atoms with van der Waals surface area (Å²) in [4.78, 5) is 26.1. The van der Waals surface area contributed by atoms with Crippen molar-refractivity contribution in [3.8, 4) is 0 Å². The first-order valence-corrected chi connectivity index (χ1v) is 9.81. The van der Waals surface area contributed by atoms with Crippen LogP contribution < -0.4 is 10.6 Å². The fraction of sp³-hybridized carbons (Fsp3) is 0.391. The zero-order valence-electron chi connectivity index (χ0n) is 18.2. The number of likely N-dealkylation sites (N-methyl/N-ethyl adjacent to an activating group) is 1. The largest absolute Gasteiger partial charge is 0.444 e. The van der Waals surface area contributed by atoms with Gasteiger partial charge in [0.2, 0.25) is 5.91 Å². The van der Waals surface area contributed by atoms with Crippen molar-refractivity contribution < 1.29 is 18.7 Å². The summed E-state index contributed by atoms with van der Waals surface area (Å²) in [5.41, 5.74) is 1.64. The van der Waals surface area contributed by atoms with Crippen molar-refractivity contribution in [1.29, 1.82) is 0 Å². The highest BCUT2D eigenvalue weighted by Crippen LogP contribution is 2.18. The lowest BCUT2D eigenvalue weighted by atomic mass is 10.1. The minimum atomic E-state index is -0.571. The van der Waals surface area contributed by atoms with E-state index in [1.807, 2.05) is 25.1 Å². The predicted molar refractivity (Wildman–Crippen MR) is 116 cm³/mol. The molecule has 7 heteroatoms. The van der Waals surface area contributed by atoms with E-state index in [0.29, 0.717) is 12.2 Å². The standard InChI is InChI=1S/C23H30FN3O3/c1-23(2,3)30-22(29)26-19-11-9-16(10-12-19)13-21(28)25-15-20(27(4)5)17-7-6-8-18(24)14-17/h6-12,14,20H,13,15H2,1-5H3,(H,25,28)(H,26,29)/t20-/m1/s1. The van der Waals surface area contributed by atoms with Crippen LogP contribution in [0.15, 0.2) is 48.5 Å². The summed E-state index contributed by atoms with van der Waals surface area (Å²) in [6.07, 6.45) is -0.323. The number of halogens is 1. The van der Waals surface area contributed by atoms with Gasteiger partial charge in [0.05, 0.1) is 12.5 Å². The van der Waals surface area contributed by atoms with E-state index in [0.717, 1.165) is 11.1 Å². The van der Waals surface area contributed by atoms with Crippen LogP contribution in [-0.4, -0.2) is 43.1 Å². The van der Waals surface area contributed by atoms with E-state index in [9.17, 15) is 14.0 Å². The maximum Gasteiger partial charge on any atom is 0.412 e. The third-order valence-corrected chi connectivity index (χ3v) is 4.31. The van der Waals surface area contributed by atoms with Crippen molar-refractivity contribution in [2.75, 3.05) is 26.0 Å². The Balaban J connectivity index is 1.89. The smallest absolute Gasteiger partial charge is 0.412 e. The average molecular weight is 416 g/mol.